The molecule has 0 aromatic heterocycles. The van der Waals surface area contributed by atoms with Crippen LogP contribution in [0.1, 0.15) is 13.3 Å². The summed E-state index contributed by atoms with van der Waals surface area (Å²) in [6.07, 6.45) is 1.19. The summed E-state index contributed by atoms with van der Waals surface area (Å²) in [5.74, 6) is 2.27. The van der Waals surface area contributed by atoms with Gasteiger partial charge in [0.25, 0.3) is 0 Å². The second kappa shape index (κ2) is 11.4. The van der Waals surface area contributed by atoms with E-state index < -0.39 is 0 Å². The van der Waals surface area contributed by atoms with Crippen LogP contribution in [0.5, 0.6) is 0 Å². The van der Waals surface area contributed by atoms with Crippen molar-refractivity contribution in [3.05, 3.63) is 0 Å². The van der Waals surface area contributed by atoms with Crippen molar-refractivity contribution in [3.63, 3.8) is 0 Å². The third-order valence-corrected chi connectivity index (χ3v) is 4.48. The molecular weight excluding hydrogens is 407 g/mol. The molecule has 6 nitrogen and oxygen atoms in total. The van der Waals surface area contributed by atoms with Crippen molar-refractivity contribution >= 4 is 29.9 Å². The topological polar surface area (TPSA) is 49.3 Å². The average molecular weight is 440 g/mol. The second-order valence-corrected chi connectivity index (χ2v) is 6.50. The Hall–Kier alpha value is -0.120. The quantitative estimate of drug-likeness (QED) is 0.381. The number of hydrogen-bond acceptors (Lipinski definition) is 4. The van der Waals surface area contributed by atoms with Crippen molar-refractivity contribution in [2.75, 3.05) is 73.2 Å². The Balaban J connectivity index is 0.00000264. The molecule has 0 aromatic carbocycles. The van der Waals surface area contributed by atoms with Crippen LogP contribution >= 0.6 is 24.0 Å². The third-order valence-electron chi connectivity index (χ3n) is 4.48. The SMILES string of the molecule is CN=C(NCC(C)CN1CCOCC1)N1CCC(COC)C1.I. The molecule has 2 unspecified atom stereocenters. The molecule has 0 radical (unpaired) electrons. The smallest absolute Gasteiger partial charge is 0.193 e. The lowest BCUT2D eigenvalue weighted by atomic mass is 10.1. The maximum Gasteiger partial charge on any atom is 0.193 e. The molecule has 0 spiro atoms. The van der Waals surface area contributed by atoms with Crippen LogP contribution in [0.4, 0.5) is 0 Å². The number of morpholine rings is 1. The molecule has 0 bridgehead atoms. The van der Waals surface area contributed by atoms with Crippen molar-refractivity contribution in [1.82, 2.24) is 15.1 Å². The van der Waals surface area contributed by atoms with Crippen LogP contribution in [0.2, 0.25) is 0 Å². The van der Waals surface area contributed by atoms with Gasteiger partial charge in [0.15, 0.2) is 5.96 Å². The number of guanidine groups is 1. The minimum atomic E-state index is 0. The zero-order valence-electron chi connectivity index (χ0n) is 14.8. The normalized spacial score (nSPS) is 24.4. The maximum atomic E-state index is 5.40. The first kappa shape index (κ1) is 20.9. The maximum absolute atomic E-state index is 5.40. The first-order chi connectivity index (χ1) is 10.7. The van der Waals surface area contributed by atoms with Gasteiger partial charge in [-0.1, -0.05) is 6.92 Å². The van der Waals surface area contributed by atoms with Crippen LogP contribution < -0.4 is 5.32 Å². The minimum absolute atomic E-state index is 0. The van der Waals surface area contributed by atoms with Crippen molar-refractivity contribution in [2.45, 2.75) is 13.3 Å². The van der Waals surface area contributed by atoms with Gasteiger partial charge in [0.05, 0.1) is 19.8 Å². The molecule has 2 aliphatic rings. The standard InChI is InChI=1S/C16H32N4O2.HI/c1-14(11-19-6-8-22-9-7-19)10-18-16(17-2)20-5-4-15(12-20)13-21-3;/h14-15H,4-13H2,1-3H3,(H,17,18);1H. The number of halogens is 1. The van der Waals surface area contributed by atoms with Crippen molar-refractivity contribution in [1.29, 1.82) is 0 Å². The fourth-order valence-electron chi connectivity index (χ4n) is 3.28. The highest BCUT2D eigenvalue weighted by Crippen LogP contribution is 2.16. The van der Waals surface area contributed by atoms with E-state index in [1.807, 2.05) is 7.05 Å². The monoisotopic (exact) mass is 440 g/mol. The highest BCUT2D eigenvalue weighted by Gasteiger charge is 2.25. The Morgan fingerprint density at radius 3 is 2.74 bits per heavy atom. The lowest BCUT2D eigenvalue weighted by molar-refractivity contribution is 0.0320. The van der Waals surface area contributed by atoms with Crippen molar-refractivity contribution < 1.29 is 9.47 Å². The van der Waals surface area contributed by atoms with E-state index in [4.69, 9.17) is 9.47 Å². The lowest BCUT2D eigenvalue weighted by Gasteiger charge is -2.30. The van der Waals surface area contributed by atoms with Crippen LogP contribution in [0, 0.1) is 11.8 Å². The van der Waals surface area contributed by atoms with Crippen molar-refractivity contribution in [2.24, 2.45) is 16.8 Å². The van der Waals surface area contributed by atoms with Gasteiger partial charge in [-0.25, -0.2) is 0 Å². The van der Waals surface area contributed by atoms with Gasteiger partial charge in [-0.2, -0.15) is 0 Å². The summed E-state index contributed by atoms with van der Waals surface area (Å²) in [7, 11) is 3.65. The zero-order valence-corrected chi connectivity index (χ0v) is 17.1. The predicted octanol–water partition coefficient (Wildman–Crippen LogP) is 1.12. The molecule has 136 valence electrons. The van der Waals surface area contributed by atoms with Crippen LogP contribution in [0.15, 0.2) is 4.99 Å². The molecular formula is C16H33IN4O2. The number of methoxy groups -OCH3 is 1. The first-order valence-electron chi connectivity index (χ1n) is 8.47. The average Bonchev–Trinajstić information content (AvgIpc) is 2.98. The van der Waals surface area contributed by atoms with Gasteiger partial charge < -0.3 is 19.7 Å². The van der Waals surface area contributed by atoms with Gasteiger partial charge >= 0.3 is 0 Å². The van der Waals surface area contributed by atoms with E-state index in [1.54, 1.807) is 7.11 Å². The van der Waals surface area contributed by atoms with E-state index in [0.717, 1.165) is 65.0 Å². The summed E-state index contributed by atoms with van der Waals surface area (Å²) < 4.78 is 10.7. The zero-order chi connectivity index (χ0) is 15.8. The molecule has 2 rings (SSSR count). The Labute approximate surface area is 158 Å². The summed E-state index contributed by atoms with van der Waals surface area (Å²) in [4.78, 5) is 9.28. The molecule has 2 fully saturated rings. The van der Waals surface area contributed by atoms with E-state index in [1.165, 1.54) is 6.42 Å². The number of aliphatic imine (C=N–C) groups is 1. The molecule has 0 saturated carbocycles. The molecule has 2 atom stereocenters. The van der Waals surface area contributed by atoms with Gasteiger partial charge in [-0.15, -0.1) is 24.0 Å². The van der Waals surface area contributed by atoms with Gasteiger partial charge in [-0.05, 0) is 12.3 Å². The lowest BCUT2D eigenvalue weighted by Crippen LogP contribution is -2.45. The highest BCUT2D eigenvalue weighted by atomic mass is 127. The molecule has 0 aromatic rings. The number of nitrogens with zero attached hydrogens (tertiary/aromatic N) is 3. The van der Waals surface area contributed by atoms with Gasteiger partial charge in [0, 0.05) is 59.3 Å². The fraction of sp³-hybridized carbons (Fsp3) is 0.938. The fourth-order valence-corrected chi connectivity index (χ4v) is 3.28. The van der Waals surface area contributed by atoms with Crippen molar-refractivity contribution in [3.8, 4) is 0 Å². The van der Waals surface area contributed by atoms with Crippen LogP contribution in [0.25, 0.3) is 0 Å². The third kappa shape index (κ3) is 7.11. The largest absolute Gasteiger partial charge is 0.384 e. The van der Waals surface area contributed by atoms with Gasteiger partial charge in [0.1, 0.15) is 0 Å². The highest BCUT2D eigenvalue weighted by molar-refractivity contribution is 14.0. The summed E-state index contributed by atoms with van der Waals surface area (Å²) >= 11 is 0. The minimum Gasteiger partial charge on any atom is -0.384 e. The van der Waals surface area contributed by atoms with E-state index in [2.05, 4.69) is 27.0 Å². The number of likely N-dealkylation sites (tertiary alicyclic amines) is 1. The predicted molar refractivity (Wildman–Crippen MR) is 105 cm³/mol. The second-order valence-electron chi connectivity index (χ2n) is 6.50. The number of ether oxygens (including phenoxy) is 2. The summed E-state index contributed by atoms with van der Waals surface area (Å²) in [5, 5.41) is 3.54. The van der Waals surface area contributed by atoms with Crippen LogP contribution in [-0.2, 0) is 9.47 Å². The number of hydrogen-bond donors (Lipinski definition) is 1. The molecule has 23 heavy (non-hydrogen) atoms. The van der Waals surface area contributed by atoms with E-state index in [9.17, 15) is 0 Å². The Bertz CT molecular complexity index is 351. The van der Waals surface area contributed by atoms with Crippen LogP contribution in [-0.4, -0.2) is 89.0 Å². The summed E-state index contributed by atoms with van der Waals surface area (Å²) in [6, 6.07) is 0. The van der Waals surface area contributed by atoms with E-state index in [-0.39, 0.29) is 24.0 Å². The van der Waals surface area contributed by atoms with E-state index in [0.29, 0.717) is 11.8 Å². The molecule has 2 saturated heterocycles. The molecule has 2 heterocycles. The van der Waals surface area contributed by atoms with Gasteiger partial charge in [0.2, 0.25) is 0 Å². The molecule has 2 aliphatic heterocycles. The Kier molecular flexibility index (Phi) is 10.4. The first-order valence-corrected chi connectivity index (χ1v) is 8.47. The number of nitrogens with one attached hydrogen (secondary N) is 1. The number of rotatable bonds is 6. The van der Waals surface area contributed by atoms with E-state index >= 15 is 0 Å². The summed E-state index contributed by atoms with van der Waals surface area (Å²) in [5.41, 5.74) is 0. The summed E-state index contributed by atoms with van der Waals surface area (Å²) in [6.45, 7) is 11.2. The molecule has 0 aliphatic carbocycles. The Morgan fingerprint density at radius 1 is 1.35 bits per heavy atom. The molecule has 1 N–H and O–H groups in total. The molecule has 0 amide bonds. The van der Waals surface area contributed by atoms with Gasteiger partial charge in [-0.3, -0.25) is 9.89 Å². The van der Waals surface area contributed by atoms with Crippen LogP contribution in [0.3, 0.4) is 0 Å². The Morgan fingerprint density at radius 2 is 2.09 bits per heavy atom. The molecule has 7 heteroatoms.